The lowest BCUT2D eigenvalue weighted by molar-refractivity contribution is -0.141. The summed E-state index contributed by atoms with van der Waals surface area (Å²) in [5.41, 5.74) is 6.58. The van der Waals surface area contributed by atoms with Crippen molar-refractivity contribution in [3.8, 4) is 11.3 Å². The van der Waals surface area contributed by atoms with E-state index in [-0.39, 0.29) is 74.3 Å². The summed E-state index contributed by atoms with van der Waals surface area (Å²) in [5, 5.41) is 15.1. The van der Waals surface area contributed by atoms with Crippen LogP contribution in [0.5, 0.6) is 0 Å². The Labute approximate surface area is 447 Å². The van der Waals surface area contributed by atoms with Gasteiger partial charge >= 0.3 is 0 Å². The van der Waals surface area contributed by atoms with E-state index in [9.17, 15) is 43.1 Å². The quantitative estimate of drug-likeness (QED) is 0.0390. The topological polar surface area (TPSA) is 245 Å². The van der Waals surface area contributed by atoms with Crippen LogP contribution in [0.4, 0.5) is 8.78 Å². The zero-order valence-corrected chi connectivity index (χ0v) is 44.8. The van der Waals surface area contributed by atoms with Crippen LogP contribution >= 0.6 is 11.8 Å². The number of thioether (sulfide) groups is 1. The highest BCUT2D eigenvalue weighted by Crippen LogP contribution is 2.40. The summed E-state index contributed by atoms with van der Waals surface area (Å²) in [5.74, 6) is -3.90. The summed E-state index contributed by atoms with van der Waals surface area (Å²) in [4.78, 5) is 96.3. The summed E-state index contributed by atoms with van der Waals surface area (Å²) in [6.45, 7) is 13.5. The van der Waals surface area contributed by atoms with E-state index in [4.69, 9.17) is 24.9 Å². The minimum atomic E-state index is -0.825. The number of carbonyl (C=O) groups is 7. The second-order valence-electron chi connectivity index (χ2n) is 19.0. The van der Waals surface area contributed by atoms with Crippen molar-refractivity contribution in [2.75, 3.05) is 91.3 Å². The number of imide groups is 2. The van der Waals surface area contributed by atoms with Gasteiger partial charge in [-0.2, -0.15) is 0 Å². The number of imidazole rings is 1. The fraction of sp³-hybridized carbons (Fsp3) is 0.519. The van der Waals surface area contributed by atoms with Crippen molar-refractivity contribution in [2.24, 2.45) is 17.1 Å². The third-order valence-electron chi connectivity index (χ3n) is 11.9. The van der Waals surface area contributed by atoms with E-state index < -0.39 is 70.4 Å². The number of nitrogens with zero attached hydrogens (tertiary/aromatic N) is 5. The first-order valence-corrected chi connectivity index (χ1v) is 26.5. The fourth-order valence-corrected chi connectivity index (χ4v) is 9.44. The molecular formula is C54H74F2N8O11S. The number of rotatable bonds is 32. The van der Waals surface area contributed by atoms with Crippen LogP contribution in [0.3, 0.4) is 0 Å². The van der Waals surface area contributed by atoms with E-state index in [1.54, 1.807) is 16.8 Å². The Kier molecular flexibility index (Phi) is 26.6. The highest BCUT2D eigenvalue weighted by atomic mass is 32.2. The molecule has 2 aromatic carbocycles. The molecule has 2 aliphatic rings. The average molecular weight is 1080 g/mol. The SMILES string of the molecule is C=CC.CC(C)(C)C(c1nc(-c2cc(F)ccc2F)cn1Cc1ccccc1)N(CC(CN)CSC1CC(=O)N(CCC(=O)NCCCOCCOCCOCCCNC(=O)CCN2C(=O)C=CC2=O)C1=O)C(=O)CO. The van der Waals surface area contributed by atoms with Crippen molar-refractivity contribution in [3.63, 3.8) is 0 Å². The second kappa shape index (κ2) is 32.4. The molecule has 3 aromatic rings. The number of ether oxygens (including phenoxy) is 3. The van der Waals surface area contributed by atoms with Gasteiger partial charge in [0.2, 0.25) is 29.5 Å². The van der Waals surface area contributed by atoms with Crippen LogP contribution in [0.15, 0.2) is 79.5 Å². The van der Waals surface area contributed by atoms with Gasteiger partial charge in [0.05, 0.1) is 43.4 Å². The molecule has 1 aromatic heterocycles. The number of allylic oxidation sites excluding steroid dienone is 1. The summed E-state index contributed by atoms with van der Waals surface area (Å²) in [7, 11) is 0. The summed E-state index contributed by atoms with van der Waals surface area (Å²) < 4.78 is 47.9. The molecule has 416 valence electrons. The lowest BCUT2D eigenvalue weighted by Gasteiger charge is -2.41. The predicted octanol–water partition coefficient (Wildman–Crippen LogP) is 4.18. The van der Waals surface area contributed by atoms with Crippen molar-refractivity contribution in [1.29, 1.82) is 0 Å². The zero-order chi connectivity index (χ0) is 55.6. The minimum Gasteiger partial charge on any atom is -0.387 e. The predicted molar refractivity (Wildman–Crippen MR) is 283 cm³/mol. The number of aliphatic hydroxyl groups excluding tert-OH is 1. The molecule has 0 saturated carbocycles. The number of nitrogens with two attached hydrogens (primary N) is 1. The van der Waals surface area contributed by atoms with Gasteiger partial charge in [-0.05, 0) is 67.2 Å². The number of aliphatic hydroxyl groups is 1. The van der Waals surface area contributed by atoms with Gasteiger partial charge < -0.3 is 45.2 Å². The number of hydrogen-bond acceptors (Lipinski definition) is 14. The Bertz CT molecular complexity index is 2420. The molecule has 3 unspecified atom stereocenters. The molecule has 3 atom stereocenters. The number of likely N-dealkylation sites (tertiary alicyclic amines) is 1. The lowest BCUT2D eigenvalue weighted by atomic mass is 9.84. The molecule has 0 aliphatic carbocycles. The van der Waals surface area contributed by atoms with Crippen LogP contribution in [-0.2, 0) is 54.3 Å². The largest absolute Gasteiger partial charge is 0.387 e. The molecule has 0 spiro atoms. The number of hydrogen-bond donors (Lipinski definition) is 4. The van der Waals surface area contributed by atoms with Gasteiger partial charge in [-0.15, -0.1) is 18.3 Å². The number of amides is 7. The Morgan fingerprint density at radius 2 is 1.46 bits per heavy atom. The molecule has 7 amide bonds. The summed E-state index contributed by atoms with van der Waals surface area (Å²) >= 11 is 1.24. The Hall–Kier alpha value is -6.17. The molecule has 5 rings (SSSR count). The van der Waals surface area contributed by atoms with E-state index in [1.165, 1.54) is 28.8 Å². The monoisotopic (exact) mass is 1080 g/mol. The number of benzene rings is 2. The van der Waals surface area contributed by atoms with Gasteiger partial charge in [-0.3, -0.25) is 43.4 Å². The van der Waals surface area contributed by atoms with E-state index >= 15 is 4.39 Å². The van der Waals surface area contributed by atoms with Crippen LogP contribution in [0.25, 0.3) is 11.3 Å². The van der Waals surface area contributed by atoms with Crippen molar-refractivity contribution >= 4 is 53.1 Å². The molecule has 0 bridgehead atoms. The molecule has 76 heavy (non-hydrogen) atoms. The lowest BCUT2D eigenvalue weighted by Crippen LogP contribution is -2.47. The first-order valence-electron chi connectivity index (χ1n) is 25.4. The van der Waals surface area contributed by atoms with E-state index in [2.05, 4.69) is 17.2 Å². The number of nitrogens with one attached hydrogen (secondary N) is 2. The maximum absolute atomic E-state index is 15.2. The van der Waals surface area contributed by atoms with Crippen LogP contribution < -0.4 is 16.4 Å². The van der Waals surface area contributed by atoms with Crippen LogP contribution in [0.2, 0.25) is 0 Å². The van der Waals surface area contributed by atoms with Gasteiger partial charge in [0, 0.05) is 95.7 Å². The first-order chi connectivity index (χ1) is 36.4. The fourth-order valence-electron chi connectivity index (χ4n) is 8.16. The molecule has 1 saturated heterocycles. The Morgan fingerprint density at radius 3 is 2.01 bits per heavy atom. The first kappa shape index (κ1) is 62.4. The zero-order valence-electron chi connectivity index (χ0n) is 44.0. The van der Waals surface area contributed by atoms with Crippen molar-refractivity contribution in [1.82, 2.24) is 34.9 Å². The van der Waals surface area contributed by atoms with Crippen molar-refractivity contribution in [2.45, 2.75) is 77.6 Å². The third-order valence-corrected chi connectivity index (χ3v) is 13.3. The third kappa shape index (κ3) is 20.1. The minimum absolute atomic E-state index is 0.0322. The van der Waals surface area contributed by atoms with Crippen molar-refractivity contribution in [3.05, 3.63) is 103 Å². The highest BCUT2D eigenvalue weighted by molar-refractivity contribution is 8.00. The standard InChI is InChI=1S/C51H68F2N8O11S.C3H6/c1-51(2,3)48(49-57-40(38-27-37(52)11-12-39(38)53)32-58(49)30-35-9-5-4-6-10-35)61(47(68)33-62)31-36(29-54)34-73-41-28-46(67)60(50(41)69)20-16-43(64)56-18-8-22-71-24-26-72-25-23-70-21-7-17-55-42(63)15-19-59-44(65)13-14-45(59)66;1-3-2/h4-6,9-14,27,32,36,41,48,62H,7-8,15-26,28-31,33-34,54H2,1-3H3,(H,55,63)(H,56,64);3H,1H2,2H3. The molecular weight excluding hydrogens is 1010 g/mol. The van der Waals surface area contributed by atoms with E-state index in [0.29, 0.717) is 77.9 Å². The normalized spacial score (nSPS) is 15.2. The second-order valence-corrected chi connectivity index (χ2v) is 20.3. The highest BCUT2D eigenvalue weighted by Gasteiger charge is 2.41. The van der Waals surface area contributed by atoms with Gasteiger partial charge in [0.15, 0.2) is 0 Å². The number of carbonyl (C=O) groups excluding carboxylic acids is 7. The van der Waals surface area contributed by atoms with E-state index in [1.807, 2.05) is 58.0 Å². The smallest absolute Gasteiger partial charge is 0.253 e. The Balaban J connectivity index is 0.00000406. The van der Waals surface area contributed by atoms with Crippen LogP contribution in [-0.4, -0.2) is 167 Å². The van der Waals surface area contributed by atoms with E-state index in [0.717, 1.165) is 33.6 Å². The van der Waals surface area contributed by atoms with Crippen molar-refractivity contribution < 1.29 is 61.7 Å². The number of halogens is 2. The summed E-state index contributed by atoms with van der Waals surface area (Å²) in [6.07, 6.45) is 6.74. The maximum atomic E-state index is 15.2. The van der Waals surface area contributed by atoms with Gasteiger partial charge in [0.25, 0.3) is 11.8 Å². The van der Waals surface area contributed by atoms with Crippen LogP contribution in [0, 0.1) is 23.0 Å². The molecule has 5 N–H and O–H groups in total. The van der Waals surface area contributed by atoms with Crippen LogP contribution in [0.1, 0.15) is 77.2 Å². The molecule has 3 heterocycles. The molecule has 22 heteroatoms. The Morgan fingerprint density at radius 1 is 0.895 bits per heavy atom. The number of aromatic nitrogens is 2. The molecule has 1 fully saturated rings. The molecule has 2 aliphatic heterocycles. The van der Waals surface area contributed by atoms with Gasteiger partial charge in [-0.1, -0.05) is 57.2 Å². The van der Waals surface area contributed by atoms with Gasteiger partial charge in [-0.25, -0.2) is 13.8 Å². The average Bonchev–Trinajstić information content (AvgIpc) is 4.04. The summed E-state index contributed by atoms with van der Waals surface area (Å²) in [6, 6.07) is 11.8. The molecule has 0 radical (unpaired) electrons. The maximum Gasteiger partial charge on any atom is 0.253 e. The molecule has 19 nitrogen and oxygen atoms in total. The van der Waals surface area contributed by atoms with Gasteiger partial charge in [0.1, 0.15) is 24.1 Å².